The van der Waals surface area contributed by atoms with Crippen LogP contribution >= 0.6 is 11.8 Å². The Morgan fingerprint density at radius 1 is 1.28 bits per heavy atom. The summed E-state index contributed by atoms with van der Waals surface area (Å²) in [5.41, 5.74) is 0. The molecule has 7 heteroatoms. The van der Waals surface area contributed by atoms with Crippen LogP contribution in [0.1, 0.15) is 13.3 Å². The summed E-state index contributed by atoms with van der Waals surface area (Å²) in [6.07, 6.45) is 1.68. The van der Waals surface area contributed by atoms with Crippen LogP contribution < -0.4 is 5.32 Å². The van der Waals surface area contributed by atoms with Crippen LogP contribution in [0.3, 0.4) is 0 Å². The summed E-state index contributed by atoms with van der Waals surface area (Å²) >= 11 is 1.58. The van der Waals surface area contributed by atoms with Crippen LogP contribution in [0.2, 0.25) is 0 Å². The Morgan fingerprint density at radius 2 is 1.94 bits per heavy atom. The normalized spacial score (nSPS) is 13.8. The fraction of sp³-hybridized carbons (Fsp3) is 1.00. The molecular weight excluding hydrogens is 264 g/mol. The topological polar surface area (TPSA) is 50.7 Å². The summed E-state index contributed by atoms with van der Waals surface area (Å²) in [7, 11) is 0. The van der Waals surface area contributed by atoms with E-state index in [1.807, 2.05) is 13.2 Å². The fourth-order valence-corrected chi connectivity index (χ4v) is 1.40. The highest BCUT2D eigenvalue weighted by Gasteiger charge is 2.28. The van der Waals surface area contributed by atoms with Gasteiger partial charge >= 0.3 is 0 Å². The van der Waals surface area contributed by atoms with Crippen LogP contribution in [0, 0.1) is 0 Å². The van der Waals surface area contributed by atoms with E-state index in [-0.39, 0.29) is 44.8 Å². The maximum absolute atomic E-state index is 13.3. The van der Waals surface area contributed by atoms with Crippen LogP contribution in [0.5, 0.6) is 0 Å². The Balaban J connectivity index is 3.48. The molecule has 0 aromatic heterocycles. The number of aliphatic hydroxyl groups is 1. The second-order valence-corrected chi connectivity index (χ2v) is 5.01. The number of rotatable bonds is 12. The molecule has 0 aliphatic heterocycles. The molecule has 0 aromatic carbocycles. The van der Waals surface area contributed by atoms with Gasteiger partial charge in [0.25, 0.3) is 5.92 Å². The number of alkyl halides is 2. The first-order valence-corrected chi connectivity index (χ1v) is 7.21. The van der Waals surface area contributed by atoms with Crippen molar-refractivity contribution < 1.29 is 23.4 Å². The van der Waals surface area contributed by atoms with Crippen molar-refractivity contribution in [2.24, 2.45) is 0 Å². The Bertz CT molecular complexity index is 199. The molecule has 0 spiro atoms. The average Bonchev–Trinajstić information content (AvgIpc) is 2.33. The van der Waals surface area contributed by atoms with Gasteiger partial charge in [-0.15, -0.1) is 11.8 Å². The molecule has 0 fully saturated rings. The quantitative estimate of drug-likeness (QED) is 0.419. The van der Waals surface area contributed by atoms with Gasteiger partial charge in [-0.05, 0) is 13.2 Å². The predicted molar refractivity (Wildman–Crippen MR) is 69.3 cm³/mol. The number of hydrogen-bond donors (Lipinski definition) is 2. The molecule has 0 aromatic rings. The van der Waals surface area contributed by atoms with Crippen molar-refractivity contribution in [3.05, 3.63) is 0 Å². The van der Waals surface area contributed by atoms with Gasteiger partial charge in [0.15, 0.2) is 0 Å². The van der Waals surface area contributed by atoms with E-state index in [9.17, 15) is 8.78 Å². The van der Waals surface area contributed by atoms with Crippen molar-refractivity contribution in [2.45, 2.75) is 24.6 Å². The van der Waals surface area contributed by atoms with Gasteiger partial charge in [-0.25, -0.2) is 8.78 Å². The van der Waals surface area contributed by atoms with E-state index in [2.05, 4.69) is 5.32 Å². The zero-order chi connectivity index (χ0) is 13.9. The molecule has 0 saturated carbocycles. The molecular formula is C11H23F2NO3S. The molecule has 0 radical (unpaired) electrons. The molecule has 0 aliphatic carbocycles. The summed E-state index contributed by atoms with van der Waals surface area (Å²) in [6, 6.07) is 0. The molecule has 18 heavy (non-hydrogen) atoms. The summed E-state index contributed by atoms with van der Waals surface area (Å²) < 4.78 is 36.3. The summed E-state index contributed by atoms with van der Waals surface area (Å²) in [6.45, 7) is 2.07. The summed E-state index contributed by atoms with van der Waals surface area (Å²) in [4.78, 5) is 0. The van der Waals surface area contributed by atoms with Crippen LogP contribution in [-0.2, 0) is 9.47 Å². The van der Waals surface area contributed by atoms with Gasteiger partial charge < -0.3 is 19.9 Å². The smallest absolute Gasteiger partial charge is 0.272 e. The highest BCUT2D eigenvalue weighted by Crippen LogP contribution is 2.18. The van der Waals surface area contributed by atoms with Crippen LogP contribution in [0.15, 0.2) is 0 Å². The third-order valence-corrected chi connectivity index (χ3v) is 3.07. The fourth-order valence-electron chi connectivity index (χ4n) is 1.12. The Kier molecular flexibility index (Phi) is 11.0. The molecule has 1 atom stereocenters. The minimum absolute atomic E-state index is 0.0740. The molecule has 0 bridgehead atoms. The van der Waals surface area contributed by atoms with Crippen LogP contribution in [0.4, 0.5) is 8.78 Å². The molecule has 0 rings (SSSR count). The standard InChI is InChI=1S/C11H23F2NO3S/c1-10(18-2)14-4-3-11(12,13)9-17-8-7-16-6-5-15/h10,14-15H,3-9H2,1-2H3. The van der Waals surface area contributed by atoms with E-state index < -0.39 is 12.5 Å². The molecule has 0 amide bonds. The number of ether oxygens (including phenoxy) is 2. The molecule has 0 aliphatic rings. The van der Waals surface area contributed by atoms with Crippen molar-refractivity contribution in [2.75, 3.05) is 45.8 Å². The summed E-state index contributed by atoms with van der Waals surface area (Å²) in [5.74, 6) is -2.82. The summed E-state index contributed by atoms with van der Waals surface area (Å²) in [5, 5.41) is 11.6. The van der Waals surface area contributed by atoms with E-state index in [1.54, 1.807) is 11.8 Å². The van der Waals surface area contributed by atoms with Gasteiger partial charge in [-0.3, -0.25) is 0 Å². The van der Waals surface area contributed by atoms with Gasteiger partial charge in [0, 0.05) is 13.0 Å². The lowest BCUT2D eigenvalue weighted by molar-refractivity contribution is -0.0900. The van der Waals surface area contributed by atoms with E-state index in [1.165, 1.54) is 0 Å². The second-order valence-electron chi connectivity index (χ2n) is 3.83. The Labute approximate surface area is 111 Å². The highest BCUT2D eigenvalue weighted by atomic mass is 32.2. The van der Waals surface area contributed by atoms with Gasteiger partial charge in [-0.1, -0.05) is 0 Å². The number of hydrogen-bond acceptors (Lipinski definition) is 5. The first-order valence-electron chi connectivity index (χ1n) is 5.92. The van der Waals surface area contributed by atoms with E-state index in [0.717, 1.165) is 0 Å². The van der Waals surface area contributed by atoms with Gasteiger partial charge in [-0.2, -0.15) is 0 Å². The Morgan fingerprint density at radius 3 is 2.56 bits per heavy atom. The van der Waals surface area contributed by atoms with Gasteiger partial charge in [0.1, 0.15) is 6.61 Å². The molecule has 2 N–H and O–H groups in total. The number of halogens is 2. The largest absolute Gasteiger partial charge is 0.394 e. The third-order valence-electron chi connectivity index (χ3n) is 2.20. The lowest BCUT2D eigenvalue weighted by Crippen LogP contribution is -2.32. The first-order chi connectivity index (χ1) is 8.52. The first kappa shape index (κ1) is 18.0. The molecule has 4 nitrogen and oxygen atoms in total. The molecule has 0 saturated heterocycles. The van der Waals surface area contributed by atoms with Gasteiger partial charge in [0.05, 0.1) is 31.8 Å². The monoisotopic (exact) mass is 287 g/mol. The highest BCUT2D eigenvalue weighted by molar-refractivity contribution is 7.99. The zero-order valence-corrected chi connectivity index (χ0v) is 11.8. The molecule has 0 heterocycles. The van der Waals surface area contributed by atoms with Crippen molar-refractivity contribution in [1.29, 1.82) is 0 Å². The minimum Gasteiger partial charge on any atom is -0.394 e. The maximum atomic E-state index is 13.3. The van der Waals surface area contributed by atoms with Crippen LogP contribution in [0.25, 0.3) is 0 Å². The van der Waals surface area contributed by atoms with Crippen LogP contribution in [-0.4, -0.2) is 62.2 Å². The number of nitrogens with one attached hydrogen (secondary N) is 1. The molecule has 1 unspecified atom stereocenters. The molecule has 110 valence electrons. The zero-order valence-electron chi connectivity index (χ0n) is 11.0. The van der Waals surface area contributed by atoms with E-state index >= 15 is 0 Å². The van der Waals surface area contributed by atoms with Crippen molar-refractivity contribution in [3.8, 4) is 0 Å². The Hall–Kier alpha value is 0.0500. The minimum atomic E-state index is -2.82. The van der Waals surface area contributed by atoms with Crippen molar-refractivity contribution in [1.82, 2.24) is 5.32 Å². The number of aliphatic hydroxyl groups excluding tert-OH is 1. The van der Waals surface area contributed by atoms with Gasteiger partial charge in [0.2, 0.25) is 0 Å². The lowest BCUT2D eigenvalue weighted by Gasteiger charge is -2.18. The maximum Gasteiger partial charge on any atom is 0.272 e. The lowest BCUT2D eigenvalue weighted by atomic mass is 10.2. The van der Waals surface area contributed by atoms with Crippen molar-refractivity contribution in [3.63, 3.8) is 0 Å². The SMILES string of the molecule is CSC(C)NCCC(F)(F)COCCOCCO. The third kappa shape index (κ3) is 11.2. The second kappa shape index (κ2) is 10.9. The van der Waals surface area contributed by atoms with Crippen molar-refractivity contribution >= 4 is 11.8 Å². The average molecular weight is 287 g/mol. The predicted octanol–water partition coefficient (Wildman–Crippen LogP) is 1.34. The van der Waals surface area contributed by atoms with E-state index in [0.29, 0.717) is 0 Å². The van der Waals surface area contributed by atoms with E-state index in [4.69, 9.17) is 14.6 Å². The number of thioether (sulfide) groups is 1.